The van der Waals surface area contributed by atoms with Crippen molar-refractivity contribution in [1.82, 2.24) is 0 Å². The van der Waals surface area contributed by atoms with Gasteiger partial charge in [-0.3, -0.25) is 4.79 Å². The summed E-state index contributed by atoms with van der Waals surface area (Å²) < 4.78 is 30.7. The van der Waals surface area contributed by atoms with Gasteiger partial charge in [-0.25, -0.2) is 4.79 Å². The molecule has 2 heterocycles. The zero-order valence-corrected chi connectivity index (χ0v) is 72.6. The molecule has 7 fully saturated rings. The first kappa shape index (κ1) is 88.8. The fourth-order valence-electron chi connectivity index (χ4n) is 20.8. The molecule has 614 valence electrons. The average molecular weight is 1590 g/mol. The minimum atomic E-state index is -1.66. The maximum atomic E-state index is 14.3. The molecule has 12 rings (SSSR count). The van der Waals surface area contributed by atoms with Crippen LogP contribution in [0.3, 0.4) is 0 Å². The van der Waals surface area contributed by atoms with E-state index < -0.39 is 53.2 Å². The van der Waals surface area contributed by atoms with Crippen molar-refractivity contribution in [2.24, 2.45) is 29.6 Å². The SMILES string of the molecule is CCCCCC1CCC(c2ccc(Br)cc2)CC1.CCCCCC1CCC(c2ccc(C(O)(c3ccc(C4CCC(CCCCC)CC4)cc3)[C@@H]3OC(C)(C)O[C@H]3C(O)(c3ccc(C4CCC(CCCCC)CC4)cc3)c3ccc(C4CCC(CCCCC)CC4)cc3)cc2)CC1.COC(=O)[C@H]1OC(C)(C)O[C@@H]1C(C)=O. The Morgan fingerprint density at radius 2 is 0.568 bits per heavy atom. The number of carbonyl (C=O) groups excluding carboxylic acids is 2. The number of methoxy groups -OCH3 is 1. The first-order chi connectivity index (χ1) is 53.6. The number of aliphatic hydroxyl groups is 2. The zero-order valence-electron chi connectivity index (χ0n) is 71.0. The molecule has 0 radical (unpaired) electrons. The van der Waals surface area contributed by atoms with Crippen molar-refractivity contribution in [1.29, 1.82) is 0 Å². The number of benzene rings is 5. The van der Waals surface area contributed by atoms with Gasteiger partial charge in [0.15, 0.2) is 29.6 Å². The van der Waals surface area contributed by atoms with Gasteiger partial charge in [0.25, 0.3) is 0 Å². The number of unbranched alkanes of at least 4 members (excludes halogenated alkanes) is 10. The Balaban J connectivity index is 0.000000335. The van der Waals surface area contributed by atoms with Crippen LogP contribution in [0, 0.1) is 29.6 Å². The van der Waals surface area contributed by atoms with Gasteiger partial charge in [-0.2, -0.15) is 0 Å². The van der Waals surface area contributed by atoms with Crippen LogP contribution >= 0.6 is 15.9 Å². The lowest BCUT2D eigenvalue weighted by Crippen LogP contribution is -2.55. The van der Waals surface area contributed by atoms with Crippen LogP contribution in [0.4, 0.5) is 0 Å². The highest BCUT2D eigenvalue weighted by molar-refractivity contribution is 9.10. The van der Waals surface area contributed by atoms with Crippen LogP contribution in [0.15, 0.2) is 126 Å². The van der Waals surface area contributed by atoms with E-state index in [0.717, 1.165) is 57.8 Å². The Labute approximate surface area is 682 Å². The summed E-state index contributed by atoms with van der Waals surface area (Å²) in [6, 6.07) is 44.8. The molecule has 7 aliphatic rings. The molecule has 111 heavy (non-hydrogen) atoms. The predicted octanol–water partition coefficient (Wildman–Crippen LogP) is 27.4. The average Bonchev–Trinajstić information content (AvgIpc) is 1.63. The molecular formula is C101H149BrO9. The predicted molar refractivity (Wildman–Crippen MR) is 460 cm³/mol. The van der Waals surface area contributed by atoms with Crippen molar-refractivity contribution in [3.8, 4) is 0 Å². The van der Waals surface area contributed by atoms with E-state index in [1.54, 1.807) is 19.4 Å². The van der Waals surface area contributed by atoms with E-state index in [-0.39, 0.29) is 5.78 Å². The summed E-state index contributed by atoms with van der Waals surface area (Å²) in [5, 5.41) is 28.6. The quantitative estimate of drug-likeness (QED) is 0.0312. The third kappa shape index (κ3) is 24.6. The first-order valence-corrected chi connectivity index (χ1v) is 46.3. The molecule has 0 unspecified atom stereocenters. The highest BCUT2D eigenvalue weighted by Crippen LogP contribution is 2.53. The number of ketones is 1. The molecule has 9 nitrogen and oxygen atoms in total. The topological polar surface area (TPSA) is 121 Å². The maximum absolute atomic E-state index is 14.3. The lowest BCUT2D eigenvalue weighted by molar-refractivity contribution is -0.172. The maximum Gasteiger partial charge on any atom is 0.338 e. The van der Waals surface area contributed by atoms with E-state index in [1.807, 2.05) is 13.8 Å². The van der Waals surface area contributed by atoms with Crippen molar-refractivity contribution in [2.45, 2.75) is 403 Å². The molecular weight excluding hydrogens is 1440 g/mol. The summed E-state index contributed by atoms with van der Waals surface area (Å²) in [4.78, 5) is 22.4. The molecule has 5 aromatic carbocycles. The molecule has 0 bridgehead atoms. The number of halogens is 1. The van der Waals surface area contributed by atoms with Gasteiger partial charge in [0.2, 0.25) is 0 Å². The van der Waals surface area contributed by atoms with Gasteiger partial charge in [0, 0.05) is 4.47 Å². The molecule has 0 amide bonds. The van der Waals surface area contributed by atoms with Gasteiger partial charge in [0.05, 0.1) is 7.11 Å². The second-order valence-corrected chi connectivity index (χ2v) is 37.6. The summed E-state index contributed by atoms with van der Waals surface area (Å²) >= 11 is 3.51. The fraction of sp³-hybridized carbons (Fsp3) is 0.683. The molecule has 2 N–H and O–H groups in total. The minimum Gasteiger partial charge on any atom is -0.467 e. The fourth-order valence-corrected chi connectivity index (χ4v) is 21.1. The number of Topliss-reactive ketones (excluding diaryl/α,β-unsaturated/α-hetero) is 1. The molecule has 10 heteroatoms. The summed E-state index contributed by atoms with van der Waals surface area (Å²) in [5.41, 5.74) is 6.81. The van der Waals surface area contributed by atoms with Crippen molar-refractivity contribution >= 4 is 27.7 Å². The molecule has 5 aromatic rings. The molecule has 0 aromatic heterocycles. The monoisotopic (exact) mass is 1590 g/mol. The van der Waals surface area contributed by atoms with Crippen molar-refractivity contribution < 1.29 is 43.5 Å². The minimum absolute atomic E-state index is 0.244. The van der Waals surface area contributed by atoms with E-state index in [2.05, 4.69) is 177 Å². The number of rotatable bonds is 33. The summed E-state index contributed by atoms with van der Waals surface area (Å²) in [7, 11) is 1.24. The summed E-state index contributed by atoms with van der Waals surface area (Å²) in [6.07, 6.45) is 49.3. The number of carbonyl (C=O) groups is 2. The van der Waals surface area contributed by atoms with Crippen LogP contribution in [-0.2, 0) is 44.5 Å². The molecule has 5 aliphatic carbocycles. The molecule has 5 saturated carbocycles. The van der Waals surface area contributed by atoms with Gasteiger partial charge in [-0.15, -0.1) is 0 Å². The van der Waals surface area contributed by atoms with E-state index >= 15 is 0 Å². The summed E-state index contributed by atoms with van der Waals surface area (Å²) in [5.74, 6) is 4.49. The van der Waals surface area contributed by atoms with Crippen LogP contribution in [-0.4, -0.2) is 65.1 Å². The third-order valence-corrected chi connectivity index (χ3v) is 28.3. The second-order valence-electron chi connectivity index (χ2n) is 36.7. The highest BCUT2D eigenvalue weighted by atomic mass is 79.9. The van der Waals surface area contributed by atoms with Crippen molar-refractivity contribution in [3.63, 3.8) is 0 Å². The Kier molecular flexibility index (Phi) is 34.9. The van der Waals surface area contributed by atoms with Gasteiger partial charge >= 0.3 is 5.97 Å². The number of esters is 1. The van der Waals surface area contributed by atoms with Crippen LogP contribution in [0.5, 0.6) is 0 Å². The number of hydrogen-bond donors (Lipinski definition) is 2. The Hall–Kier alpha value is -4.52. The molecule has 0 spiro atoms. The Morgan fingerprint density at radius 3 is 0.784 bits per heavy atom. The van der Waals surface area contributed by atoms with Crippen molar-refractivity contribution in [3.05, 3.63) is 176 Å². The Bertz CT molecular complexity index is 3150. The van der Waals surface area contributed by atoms with E-state index in [4.69, 9.17) is 18.9 Å². The van der Waals surface area contributed by atoms with Crippen LogP contribution < -0.4 is 0 Å². The number of ether oxygens (including phenoxy) is 5. The second kappa shape index (κ2) is 43.6. The highest BCUT2D eigenvalue weighted by Gasteiger charge is 2.61. The van der Waals surface area contributed by atoms with Crippen LogP contribution in [0.1, 0.15) is 406 Å². The Morgan fingerprint density at radius 1 is 0.351 bits per heavy atom. The van der Waals surface area contributed by atoms with E-state index in [1.165, 1.54) is 298 Å². The van der Waals surface area contributed by atoms with Gasteiger partial charge in [0.1, 0.15) is 23.4 Å². The van der Waals surface area contributed by atoms with Gasteiger partial charge in [-0.1, -0.05) is 288 Å². The largest absolute Gasteiger partial charge is 0.467 e. The van der Waals surface area contributed by atoms with E-state index in [9.17, 15) is 19.8 Å². The lowest BCUT2D eigenvalue weighted by atomic mass is 9.70. The van der Waals surface area contributed by atoms with Crippen molar-refractivity contribution in [2.75, 3.05) is 7.11 Å². The van der Waals surface area contributed by atoms with E-state index in [0.29, 0.717) is 23.7 Å². The molecule has 4 atom stereocenters. The first-order valence-electron chi connectivity index (χ1n) is 45.5. The summed E-state index contributed by atoms with van der Waals surface area (Å²) in [6.45, 7) is 20.1. The van der Waals surface area contributed by atoms with Gasteiger partial charge < -0.3 is 33.9 Å². The van der Waals surface area contributed by atoms with Crippen LogP contribution in [0.25, 0.3) is 0 Å². The lowest BCUT2D eigenvalue weighted by Gasteiger charge is -2.43. The third-order valence-electron chi connectivity index (χ3n) is 27.8. The van der Waals surface area contributed by atoms with Crippen LogP contribution in [0.2, 0.25) is 0 Å². The standard InChI is InChI=1S/C75H110O4.C17H25Br.C9H14O5/c1-7-11-15-19-55-23-31-59(32-24-55)63-39-47-67(48-40-63)74(76,68-49-41-64(42-50-68)60-33-25-56(26-34-60)20-16-12-8-2)71-72(79-73(5,6)78-71)75(77,69-51-43-65(44-52-69)61-35-27-57(28-36-61)21-17-13-9-3)70-53-45-66(46-54-70)62-37-29-58(30-38-62)22-18-14-10-4;1-2-3-4-5-14-6-8-15(9-7-14)16-10-12-17(18)13-11-16;1-5(10)6-7(8(11)12-4)14-9(2,3)13-6/h39-62,71-72,76-77H,7-38H2,1-6H3;10-15H,2-9H2,1H3;6-7H,1-4H3/t55?,56?,57?,58?,59?,60?,61?,62?,71-,72-,74?,75?;;6-,7+/m1.1/s1. The molecule has 2 saturated heterocycles. The van der Waals surface area contributed by atoms with Gasteiger partial charge in [-0.05, 0) is 284 Å². The molecule has 2 aliphatic heterocycles. The zero-order chi connectivity index (χ0) is 79.0. The normalized spacial score (nSPS) is 28.3. The number of hydrogen-bond acceptors (Lipinski definition) is 9. The smallest absolute Gasteiger partial charge is 0.338 e.